The molecule has 0 fully saturated rings. The van der Waals surface area contributed by atoms with Crippen molar-refractivity contribution in [2.45, 2.75) is 289 Å². The third kappa shape index (κ3) is 50.7. The monoisotopic (exact) mass is 939 g/mol. The molecule has 0 aromatic rings. The summed E-state index contributed by atoms with van der Waals surface area (Å²) in [6.07, 6.45) is 59.7. The van der Waals surface area contributed by atoms with E-state index in [-0.39, 0.29) is 19.1 Å². The fourth-order valence-corrected chi connectivity index (χ4v) is 9.19. The van der Waals surface area contributed by atoms with Gasteiger partial charge in [-0.1, -0.05) is 263 Å². The second-order valence-corrected chi connectivity index (χ2v) is 22.1. The number of rotatable bonds is 52. The van der Waals surface area contributed by atoms with Crippen LogP contribution in [0, 0.1) is 0 Å². The van der Waals surface area contributed by atoms with E-state index in [1.807, 2.05) is 27.2 Å². The van der Waals surface area contributed by atoms with Gasteiger partial charge in [0, 0.05) is 6.42 Å². The van der Waals surface area contributed by atoms with Gasteiger partial charge in [-0.15, -0.1) is 0 Å². The average Bonchev–Trinajstić information content (AvgIpc) is 3.26. The summed E-state index contributed by atoms with van der Waals surface area (Å²) < 4.78 is 23.3. The van der Waals surface area contributed by atoms with Crippen LogP contribution in [0.2, 0.25) is 0 Å². The van der Waals surface area contributed by atoms with Gasteiger partial charge in [-0.3, -0.25) is 9.36 Å². The van der Waals surface area contributed by atoms with Crippen molar-refractivity contribution in [2.24, 2.45) is 0 Å². The molecular weight excluding hydrogens is 828 g/mol. The van der Waals surface area contributed by atoms with Crippen molar-refractivity contribution < 1.29 is 32.9 Å². The summed E-state index contributed by atoms with van der Waals surface area (Å²) in [5.41, 5.74) is 0. The van der Waals surface area contributed by atoms with Crippen LogP contribution >= 0.6 is 7.82 Å². The van der Waals surface area contributed by atoms with Crippen molar-refractivity contribution >= 4 is 13.7 Å². The number of nitrogens with zero attached hydrogens (tertiary/aromatic N) is 1. The van der Waals surface area contributed by atoms with Crippen LogP contribution in [0.25, 0.3) is 0 Å². The number of aliphatic hydroxyl groups excluding tert-OH is 1. The number of unbranched alkanes of at least 4 members (excludes halogenated alkanes) is 37. The predicted octanol–water partition coefficient (Wildman–Crippen LogP) is 16.2. The Labute approximate surface area is 404 Å². The number of phosphoric acid groups is 1. The molecule has 0 radical (unpaired) electrons. The Bertz CT molecular complexity index is 1110. The van der Waals surface area contributed by atoms with Crippen LogP contribution in [0.4, 0.5) is 0 Å². The summed E-state index contributed by atoms with van der Waals surface area (Å²) >= 11 is 0. The topological polar surface area (TPSA) is 108 Å². The van der Waals surface area contributed by atoms with Crippen LogP contribution in [0.1, 0.15) is 277 Å². The van der Waals surface area contributed by atoms with Crippen LogP contribution in [0.3, 0.4) is 0 Å². The highest BCUT2D eigenvalue weighted by Gasteiger charge is 2.23. The Morgan fingerprint density at radius 2 is 0.862 bits per heavy atom. The second kappa shape index (κ2) is 48.0. The SMILES string of the molecule is CCCCCCCCCCCCCCCCCCCC/C=C/CC/C=C/C(O)C(COP(=O)([O-])OCC[N+](C)(C)C)NC(=O)CCCCCCCCCCCCCCCCCCCCC. The van der Waals surface area contributed by atoms with Gasteiger partial charge in [-0.2, -0.15) is 0 Å². The summed E-state index contributed by atoms with van der Waals surface area (Å²) in [5, 5.41) is 13.9. The molecule has 0 aliphatic rings. The van der Waals surface area contributed by atoms with Gasteiger partial charge in [0.2, 0.25) is 5.91 Å². The maximum absolute atomic E-state index is 12.9. The van der Waals surface area contributed by atoms with Gasteiger partial charge in [-0.25, -0.2) is 0 Å². The van der Waals surface area contributed by atoms with E-state index in [4.69, 9.17) is 9.05 Å². The maximum atomic E-state index is 12.9. The van der Waals surface area contributed by atoms with Crippen molar-refractivity contribution in [3.05, 3.63) is 24.3 Å². The molecule has 0 bridgehead atoms. The normalized spacial score (nSPS) is 14.1. The minimum Gasteiger partial charge on any atom is -0.756 e. The minimum atomic E-state index is -4.60. The quantitative estimate of drug-likeness (QED) is 0.0272. The maximum Gasteiger partial charge on any atom is 0.268 e. The largest absolute Gasteiger partial charge is 0.756 e. The summed E-state index contributed by atoms with van der Waals surface area (Å²) in [6, 6.07) is -0.900. The smallest absolute Gasteiger partial charge is 0.268 e. The molecule has 0 spiro atoms. The van der Waals surface area contributed by atoms with Gasteiger partial charge in [-0.05, 0) is 32.1 Å². The molecule has 0 rings (SSSR count). The Kier molecular flexibility index (Phi) is 47.3. The number of phosphoric ester groups is 1. The predicted molar refractivity (Wildman–Crippen MR) is 279 cm³/mol. The van der Waals surface area contributed by atoms with E-state index in [1.54, 1.807) is 6.08 Å². The molecular formula is C56H111N2O6P. The number of likely N-dealkylation sites (N-methyl/N-ethyl adjacent to an activating group) is 1. The van der Waals surface area contributed by atoms with E-state index < -0.39 is 20.0 Å². The summed E-state index contributed by atoms with van der Waals surface area (Å²) in [6.45, 7) is 4.67. The lowest BCUT2D eigenvalue weighted by molar-refractivity contribution is -0.870. The van der Waals surface area contributed by atoms with Crippen LogP contribution in [0.5, 0.6) is 0 Å². The van der Waals surface area contributed by atoms with Crippen molar-refractivity contribution in [3.63, 3.8) is 0 Å². The van der Waals surface area contributed by atoms with E-state index in [9.17, 15) is 19.4 Å². The lowest BCUT2D eigenvalue weighted by Gasteiger charge is -2.29. The Hall–Kier alpha value is -1.02. The highest BCUT2D eigenvalue weighted by atomic mass is 31.2. The van der Waals surface area contributed by atoms with Gasteiger partial charge < -0.3 is 28.8 Å². The number of quaternary nitrogens is 1. The minimum absolute atomic E-state index is 0.00375. The van der Waals surface area contributed by atoms with E-state index in [0.717, 1.165) is 38.5 Å². The molecule has 0 aromatic heterocycles. The van der Waals surface area contributed by atoms with Crippen molar-refractivity contribution in [1.29, 1.82) is 0 Å². The molecule has 0 saturated heterocycles. The summed E-state index contributed by atoms with van der Waals surface area (Å²) in [4.78, 5) is 25.5. The second-order valence-electron chi connectivity index (χ2n) is 20.6. The van der Waals surface area contributed by atoms with Crippen molar-refractivity contribution in [2.75, 3.05) is 40.9 Å². The van der Waals surface area contributed by atoms with E-state index in [2.05, 4.69) is 31.3 Å². The zero-order chi connectivity index (χ0) is 47.8. The first-order chi connectivity index (χ1) is 31.5. The van der Waals surface area contributed by atoms with Gasteiger partial charge in [0.05, 0.1) is 39.9 Å². The number of hydrogen-bond acceptors (Lipinski definition) is 6. The van der Waals surface area contributed by atoms with Crippen molar-refractivity contribution in [1.82, 2.24) is 5.32 Å². The van der Waals surface area contributed by atoms with Gasteiger partial charge >= 0.3 is 0 Å². The highest BCUT2D eigenvalue weighted by Crippen LogP contribution is 2.38. The zero-order valence-electron chi connectivity index (χ0n) is 44.0. The first-order valence-electron chi connectivity index (χ1n) is 28.2. The first kappa shape index (κ1) is 64.0. The molecule has 0 aromatic carbocycles. The lowest BCUT2D eigenvalue weighted by Crippen LogP contribution is -2.45. The van der Waals surface area contributed by atoms with Gasteiger partial charge in [0.25, 0.3) is 7.82 Å². The van der Waals surface area contributed by atoms with Crippen LogP contribution in [-0.4, -0.2) is 68.5 Å². The number of amides is 1. The zero-order valence-corrected chi connectivity index (χ0v) is 44.9. The molecule has 8 nitrogen and oxygen atoms in total. The van der Waals surface area contributed by atoms with E-state index in [1.165, 1.54) is 218 Å². The van der Waals surface area contributed by atoms with Crippen LogP contribution in [0.15, 0.2) is 24.3 Å². The number of aliphatic hydroxyl groups is 1. The molecule has 65 heavy (non-hydrogen) atoms. The molecule has 2 N–H and O–H groups in total. The molecule has 3 unspecified atom stereocenters. The first-order valence-corrected chi connectivity index (χ1v) is 29.7. The van der Waals surface area contributed by atoms with E-state index in [0.29, 0.717) is 17.4 Å². The third-order valence-corrected chi connectivity index (χ3v) is 13.9. The van der Waals surface area contributed by atoms with Crippen LogP contribution in [-0.2, 0) is 18.4 Å². The molecule has 0 aliphatic heterocycles. The molecule has 0 aliphatic carbocycles. The fraction of sp³-hybridized carbons (Fsp3) is 0.911. The summed E-state index contributed by atoms with van der Waals surface area (Å²) in [5.74, 6) is -0.202. The van der Waals surface area contributed by atoms with Gasteiger partial charge in [0.1, 0.15) is 13.2 Å². The number of hydrogen-bond donors (Lipinski definition) is 2. The lowest BCUT2D eigenvalue weighted by atomic mass is 10.0. The van der Waals surface area contributed by atoms with Crippen molar-refractivity contribution in [3.8, 4) is 0 Å². The fourth-order valence-electron chi connectivity index (χ4n) is 8.47. The standard InChI is InChI=1S/C56H111N2O6P/c1-6-8-10-12-14-16-18-20-22-24-26-27-28-29-30-32-33-35-37-39-41-43-45-47-49-55(59)54(53-64-65(61,62)63-52-51-58(3,4)5)57-56(60)50-48-46-44-42-40-38-36-34-31-25-23-21-19-17-15-13-11-9-7-2/h39,41,47,49,54-55,59H,6-38,40,42-46,48,50-53H2,1-5H3,(H-,57,60,61,62)/b41-39+,49-47+. The number of allylic oxidation sites excluding steroid dienone is 3. The molecule has 1 amide bonds. The Balaban J connectivity index is 4.25. The summed E-state index contributed by atoms with van der Waals surface area (Å²) in [7, 11) is 1.26. The molecule has 0 heterocycles. The molecule has 386 valence electrons. The third-order valence-electron chi connectivity index (χ3n) is 12.9. The van der Waals surface area contributed by atoms with Crippen LogP contribution < -0.4 is 10.2 Å². The van der Waals surface area contributed by atoms with Gasteiger partial charge in [0.15, 0.2) is 0 Å². The Morgan fingerprint density at radius 1 is 0.523 bits per heavy atom. The van der Waals surface area contributed by atoms with E-state index >= 15 is 0 Å². The molecule has 0 saturated carbocycles. The number of nitrogens with one attached hydrogen (secondary N) is 1. The number of carbonyl (C=O) groups is 1. The Morgan fingerprint density at radius 3 is 1.25 bits per heavy atom. The molecule has 3 atom stereocenters. The molecule has 9 heteroatoms. The average molecular weight is 939 g/mol. The number of carbonyl (C=O) groups excluding carboxylic acids is 1. The highest BCUT2D eigenvalue weighted by molar-refractivity contribution is 7.45.